The largest absolute Gasteiger partial charge is 0.274 e. The summed E-state index contributed by atoms with van der Waals surface area (Å²) in [7, 11) is -3.79. The van der Waals surface area contributed by atoms with Crippen molar-refractivity contribution in [3.63, 3.8) is 0 Å². The van der Waals surface area contributed by atoms with Crippen LogP contribution in [0.3, 0.4) is 0 Å². The van der Waals surface area contributed by atoms with Crippen molar-refractivity contribution in [1.29, 1.82) is 0 Å². The van der Waals surface area contributed by atoms with E-state index in [4.69, 9.17) is 0 Å². The van der Waals surface area contributed by atoms with Gasteiger partial charge in [0.1, 0.15) is 0 Å². The summed E-state index contributed by atoms with van der Waals surface area (Å²) < 4.78 is 26.7. The number of carbonyl (C=O) groups excluding carboxylic acids is 1. The molecule has 0 bridgehead atoms. The van der Waals surface area contributed by atoms with Gasteiger partial charge in [0, 0.05) is 6.42 Å². The first-order valence-corrected chi connectivity index (χ1v) is 8.58. The number of sulfonamides is 1. The Morgan fingerprint density at radius 2 is 1.90 bits per heavy atom. The average molecular weight is 307 g/mol. The molecule has 1 aliphatic rings. The van der Waals surface area contributed by atoms with Crippen LogP contribution in [0.2, 0.25) is 0 Å². The normalized spacial score (nSPS) is 20.7. The van der Waals surface area contributed by atoms with Crippen molar-refractivity contribution < 1.29 is 13.2 Å². The monoisotopic (exact) mass is 307 g/mol. The second-order valence-electron chi connectivity index (χ2n) is 5.45. The maximum absolute atomic E-state index is 12.8. The van der Waals surface area contributed by atoms with Gasteiger partial charge in [-0.2, -0.15) is 0 Å². The molecule has 0 spiro atoms. The van der Waals surface area contributed by atoms with Crippen molar-refractivity contribution in [2.75, 3.05) is 0 Å². The van der Waals surface area contributed by atoms with Crippen LogP contribution in [0.25, 0.3) is 0 Å². The molecule has 1 fully saturated rings. The molecule has 0 radical (unpaired) electrons. The van der Waals surface area contributed by atoms with Gasteiger partial charge in [-0.1, -0.05) is 29.3 Å². The van der Waals surface area contributed by atoms with Crippen LogP contribution in [-0.4, -0.2) is 24.7 Å². The van der Waals surface area contributed by atoms with Gasteiger partial charge < -0.3 is 0 Å². The Kier molecular flexibility index (Phi) is 4.52. The molecule has 1 heterocycles. The summed E-state index contributed by atoms with van der Waals surface area (Å²) in [5, 5.41) is 0. The molecule has 1 aromatic carbocycles. The number of allylic oxidation sites excluding steroid dienone is 1. The van der Waals surface area contributed by atoms with E-state index in [9.17, 15) is 13.2 Å². The summed E-state index contributed by atoms with van der Waals surface area (Å²) in [6, 6.07) is 6.27. The van der Waals surface area contributed by atoms with Crippen LogP contribution < -0.4 is 0 Å². The van der Waals surface area contributed by atoms with Crippen molar-refractivity contribution in [1.82, 2.24) is 4.31 Å². The molecule has 2 rings (SSSR count). The minimum Gasteiger partial charge on any atom is -0.274 e. The van der Waals surface area contributed by atoms with Gasteiger partial charge in [-0.25, -0.2) is 12.7 Å². The summed E-state index contributed by atoms with van der Waals surface area (Å²) >= 11 is 0. The molecule has 1 atom stereocenters. The lowest BCUT2D eigenvalue weighted by Gasteiger charge is -2.35. The van der Waals surface area contributed by atoms with Gasteiger partial charge in [0.05, 0.1) is 10.9 Å². The van der Waals surface area contributed by atoms with E-state index in [1.54, 1.807) is 24.3 Å². The standard InChI is InChI=1S/C16H21NO3S/c1-4-13(3)15-6-5-7-16(18)17(15)21(19,20)14-10-8-12(2)9-11-14/h4,8-11,15H,5-7H2,1-3H3/b13-4+. The second kappa shape index (κ2) is 6.02. The van der Waals surface area contributed by atoms with Gasteiger partial charge in [0.15, 0.2) is 0 Å². The number of piperidine rings is 1. The van der Waals surface area contributed by atoms with E-state index in [1.807, 2.05) is 26.8 Å². The van der Waals surface area contributed by atoms with Crippen molar-refractivity contribution in [2.45, 2.75) is 51.0 Å². The Balaban J connectivity index is 2.48. The van der Waals surface area contributed by atoms with Crippen molar-refractivity contribution in [3.05, 3.63) is 41.5 Å². The van der Waals surface area contributed by atoms with Gasteiger partial charge in [-0.05, 0) is 45.7 Å². The third-order valence-electron chi connectivity index (χ3n) is 3.96. The first-order chi connectivity index (χ1) is 9.87. The maximum Gasteiger partial charge on any atom is 0.267 e. The average Bonchev–Trinajstić information content (AvgIpc) is 2.46. The number of benzene rings is 1. The number of aryl methyl sites for hydroxylation is 1. The van der Waals surface area contributed by atoms with Crippen LogP contribution >= 0.6 is 0 Å². The Morgan fingerprint density at radius 1 is 1.29 bits per heavy atom. The van der Waals surface area contributed by atoms with Crippen molar-refractivity contribution >= 4 is 15.9 Å². The Hall–Kier alpha value is -1.62. The van der Waals surface area contributed by atoms with Crippen LogP contribution in [-0.2, 0) is 14.8 Å². The zero-order chi connectivity index (χ0) is 15.6. The van der Waals surface area contributed by atoms with E-state index in [1.165, 1.54) is 0 Å². The van der Waals surface area contributed by atoms with Crippen LogP contribution in [0.15, 0.2) is 40.8 Å². The molecule has 1 saturated heterocycles. The molecular weight excluding hydrogens is 286 g/mol. The molecule has 5 heteroatoms. The predicted molar refractivity (Wildman–Crippen MR) is 82.3 cm³/mol. The highest BCUT2D eigenvalue weighted by molar-refractivity contribution is 7.89. The highest BCUT2D eigenvalue weighted by Crippen LogP contribution is 2.30. The zero-order valence-corrected chi connectivity index (χ0v) is 13.5. The molecule has 0 saturated carbocycles. The molecular formula is C16H21NO3S. The number of carbonyl (C=O) groups is 1. The number of hydrogen-bond acceptors (Lipinski definition) is 3. The third kappa shape index (κ3) is 3.02. The summed E-state index contributed by atoms with van der Waals surface area (Å²) in [5.74, 6) is -0.312. The topological polar surface area (TPSA) is 54.5 Å². The van der Waals surface area contributed by atoms with E-state index < -0.39 is 10.0 Å². The predicted octanol–water partition coefficient (Wildman–Crippen LogP) is 3.03. The molecule has 1 amide bonds. The van der Waals surface area contributed by atoms with Crippen LogP contribution in [0.5, 0.6) is 0 Å². The van der Waals surface area contributed by atoms with Crippen LogP contribution in [0.1, 0.15) is 38.7 Å². The summed E-state index contributed by atoms with van der Waals surface area (Å²) in [5.41, 5.74) is 1.90. The summed E-state index contributed by atoms with van der Waals surface area (Å²) in [6.07, 6.45) is 3.58. The van der Waals surface area contributed by atoms with E-state index in [0.717, 1.165) is 21.9 Å². The Labute approximate surface area is 126 Å². The number of rotatable bonds is 3. The third-order valence-corrected chi connectivity index (χ3v) is 5.80. The number of hydrogen-bond donors (Lipinski definition) is 0. The smallest absolute Gasteiger partial charge is 0.267 e. The fraction of sp³-hybridized carbons (Fsp3) is 0.438. The fourth-order valence-electron chi connectivity index (χ4n) is 2.58. The minimum absolute atomic E-state index is 0.178. The SMILES string of the molecule is C/C=C(\C)C1CCCC(=O)N1S(=O)(=O)c1ccc(C)cc1. The molecule has 114 valence electrons. The van der Waals surface area contributed by atoms with Crippen LogP contribution in [0, 0.1) is 6.92 Å². The van der Waals surface area contributed by atoms with Gasteiger partial charge in [-0.3, -0.25) is 4.79 Å². The zero-order valence-electron chi connectivity index (χ0n) is 12.7. The molecule has 1 aromatic rings. The molecule has 21 heavy (non-hydrogen) atoms. The molecule has 0 aliphatic carbocycles. The second-order valence-corrected chi connectivity index (χ2v) is 7.26. The lowest BCUT2D eigenvalue weighted by Crippen LogP contribution is -2.47. The van der Waals surface area contributed by atoms with Gasteiger partial charge in [0.2, 0.25) is 5.91 Å². The number of nitrogens with zero attached hydrogens (tertiary/aromatic N) is 1. The van der Waals surface area contributed by atoms with Crippen LogP contribution in [0.4, 0.5) is 0 Å². The molecule has 0 aromatic heterocycles. The Bertz CT molecular complexity index is 659. The highest BCUT2D eigenvalue weighted by Gasteiger charge is 2.38. The van der Waals surface area contributed by atoms with Crippen molar-refractivity contribution in [3.8, 4) is 0 Å². The minimum atomic E-state index is -3.79. The quantitative estimate of drug-likeness (QED) is 0.807. The molecule has 0 N–H and O–H groups in total. The summed E-state index contributed by atoms with van der Waals surface area (Å²) in [6.45, 7) is 5.64. The first kappa shape index (κ1) is 15.8. The summed E-state index contributed by atoms with van der Waals surface area (Å²) in [4.78, 5) is 12.4. The van der Waals surface area contributed by atoms with Gasteiger partial charge in [0.25, 0.3) is 10.0 Å². The number of amides is 1. The fourth-order valence-corrected chi connectivity index (χ4v) is 4.25. The Morgan fingerprint density at radius 3 is 2.48 bits per heavy atom. The molecule has 4 nitrogen and oxygen atoms in total. The first-order valence-electron chi connectivity index (χ1n) is 7.14. The van der Waals surface area contributed by atoms with E-state index in [-0.39, 0.29) is 16.8 Å². The van der Waals surface area contributed by atoms with Gasteiger partial charge >= 0.3 is 0 Å². The lowest BCUT2D eigenvalue weighted by atomic mass is 9.98. The van der Waals surface area contributed by atoms with E-state index in [2.05, 4.69) is 0 Å². The van der Waals surface area contributed by atoms with Gasteiger partial charge in [-0.15, -0.1) is 0 Å². The van der Waals surface area contributed by atoms with E-state index in [0.29, 0.717) is 12.8 Å². The maximum atomic E-state index is 12.8. The molecule has 1 unspecified atom stereocenters. The van der Waals surface area contributed by atoms with E-state index >= 15 is 0 Å². The molecule has 1 aliphatic heterocycles. The van der Waals surface area contributed by atoms with Crippen molar-refractivity contribution in [2.24, 2.45) is 0 Å². The highest BCUT2D eigenvalue weighted by atomic mass is 32.2. The lowest BCUT2D eigenvalue weighted by molar-refractivity contribution is -0.129.